The molecule has 0 bridgehead atoms. The summed E-state index contributed by atoms with van der Waals surface area (Å²) in [5.41, 5.74) is 1.84. The van der Waals surface area contributed by atoms with Gasteiger partial charge >= 0.3 is 6.18 Å². The quantitative estimate of drug-likeness (QED) is 0.894. The molecular weight excluding hydrogens is 281 g/mol. The molecule has 1 aliphatic heterocycles. The summed E-state index contributed by atoms with van der Waals surface area (Å²) in [6.45, 7) is 1.52. The Kier molecular flexibility index (Phi) is 3.50. The number of fused-ring (bicyclic) bond motifs is 1. The lowest BCUT2D eigenvalue weighted by Crippen LogP contribution is -2.25. The third kappa shape index (κ3) is 2.97. The van der Waals surface area contributed by atoms with Gasteiger partial charge in [0.05, 0.1) is 11.3 Å². The molecule has 0 amide bonds. The van der Waals surface area contributed by atoms with Crippen molar-refractivity contribution in [1.29, 1.82) is 0 Å². The molecule has 4 nitrogen and oxygen atoms in total. The van der Waals surface area contributed by atoms with Gasteiger partial charge in [-0.15, -0.1) is 0 Å². The van der Waals surface area contributed by atoms with Crippen LogP contribution in [0.1, 0.15) is 16.8 Å². The smallest absolute Gasteiger partial charge is 0.340 e. The first-order valence-corrected chi connectivity index (χ1v) is 6.52. The van der Waals surface area contributed by atoms with Crippen molar-refractivity contribution in [3.63, 3.8) is 0 Å². The zero-order valence-electron chi connectivity index (χ0n) is 11.0. The Balaban J connectivity index is 1.84. The van der Waals surface area contributed by atoms with E-state index in [2.05, 4.69) is 20.6 Å². The summed E-state index contributed by atoms with van der Waals surface area (Å²) < 4.78 is 37.6. The molecule has 1 aliphatic rings. The van der Waals surface area contributed by atoms with Crippen molar-refractivity contribution >= 4 is 11.5 Å². The van der Waals surface area contributed by atoms with E-state index < -0.39 is 11.7 Å². The van der Waals surface area contributed by atoms with Gasteiger partial charge in [0.25, 0.3) is 0 Å². The summed E-state index contributed by atoms with van der Waals surface area (Å²) in [6, 6.07) is 4.91. The summed E-state index contributed by atoms with van der Waals surface area (Å²) in [6.07, 6.45) is -2.07. The van der Waals surface area contributed by atoms with Gasteiger partial charge in [-0.05, 0) is 37.2 Å². The molecule has 0 radical (unpaired) electrons. The Labute approximate surface area is 119 Å². The van der Waals surface area contributed by atoms with Gasteiger partial charge in [0, 0.05) is 17.8 Å². The zero-order chi connectivity index (χ0) is 14.9. The summed E-state index contributed by atoms with van der Waals surface area (Å²) in [5.74, 6) is 0.654. The maximum absolute atomic E-state index is 12.5. The highest BCUT2D eigenvalue weighted by Crippen LogP contribution is 2.30. The summed E-state index contributed by atoms with van der Waals surface area (Å²) in [7, 11) is 0. The first-order valence-electron chi connectivity index (χ1n) is 6.52. The average Bonchev–Trinajstić information content (AvgIpc) is 2.47. The van der Waals surface area contributed by atoms with Gasteiger partial charge in [-0.3, -0.25) is 0 Å². The Morgan fingerprint density at radius 3 is 2.57 bits per heavy atom. The average molecular weight is 294 g/mol. The van der Waals surface area contributed by atoms with Gasteiger partial charge in [-0.1, -0.05) is 0 Å². The predicted octanol–water partition coefficient (Wildman–Crippen LogP) is 2.88. The van der Waals surface area contributed by atoms with E-state index in [0.29, 0.717) is 18.1 Å². The Morgan fingerprint density at radius 2 is 1.86 bits per heavy atom. The molecule has 0 spiro atoms. The number of benzene rings is 1. The van der Waals surface area contributed by atoms with E-state index in [4.69, 9.17) is 0 Å². The molecule has 0 saturated heterocycles. The lowest BCUT2D eigenvalue weighted by atomic mass is 10.1. The molecule has 3 rings (SSSR count). The van der Waals surface area contributed by atoms with E-state index in [1.165, 1.54) is 18.5 Å². The van der Waals surface area contributed by atoms with Crippen molar-refractivity contribution in [2.75, 3.05) is 11.9 Å². The van der Waals surface area contributed by atoms with Crippen molar-refractivity contribution in [3.8, 4) is 0 Å². The first-order chi connectivity index (χ1) is 10.0. The fraction of sp³-hybridized carbons (Fsp3) is 0.286. The number of hydrogen-bond acceptors (Lipinski definition) is 4. The number of nitrogens with zero attached hydrogens (tertiary/aromatic N) is 2. The second kappa shape index (κ2) is 5.33. The third-order valence-corrected chi connectivity index (χ3v) is 3.35. The van der Waals surface area contributed by atoms with Crippen molar-refractivity contribution in [1.82, 2.24) is 15.3 Å². The van der Waals surface area contributed by atoms with Gasteiger partial charge in [0.1, 0.15) is 12.1 Å². The molecule has 0 unspecified atom stereocenters. The molecule has 1 aromatic heterocycles. The monoisotopic (exact) mass is 294 g/mol. The van der Waals surface area contributed by atoms with Crippen LogP contribution in [-0.2, 0) is 19.1 Å². The van der Waals surface area contributed by atoms with Gasteiger partial charge in [0.2, 0.25) is 0 Å². The van der Waals surface area contributed by atoms with Crippen molar-refractivity contribution in [3.05, 3.63) is 47.4 Å². The van der Waals surface area contributed by atoms with Crippen LogP contribution in [0, 0.1) is 0 Å². The molecule has 0 aliphatic carbocycles. The van der Waals surface area contributed by atoms with Crippen LogP contribution in [0.15, 0.2) is 30.6 Å². The van der Waals surface area contributed by atoms with E-state index in [0.717, 1.165) is 36.4 Å². The van der Waals surface area contributed by atoms with Crippen LogP contribution in [0.4, 0.5) is 24.7 Å². The Morgan fingerprint density at radius 1 is 1.10 bits per heavy atom. The summed E-state index contributed by atoms with van der Waals surface area (Å²) in [4.78, 5) is 8.39. The predicted molar refractivity (Wildman–Crippen MR) is 72.2 cm³/mol. The molecule has 0 atom stereocenters. The molecule has 7 heteroatoms. The van der Waals surface area contributed by atoms with E-state index >= 15 is 0 Å². The van der Waals surface area contributed by atoms with Gasteiger partial charge in [0.15, 0.2) is 0 Å². The molecule has 2 aromatic rings. The van der Waals surface area contributed by atoms with Gasteiger partial charge in [-0.25, -0.2) is 9.97 Å². The number of hydrogen-bond donors (Lipinski definition) is 2. The fourth-order valence-electron chi connectivity index (χ4n) is 2.27. The lowest BCUT2D eigenvalue weighted by molar-refractivity contribution is -0.137. The second-order valence-electron chi connectivity index (χ2n) is 4.77. The van der Waals surface area contributed by atoms with E-state index in [9.17, 15) is 13.2 Å². The van der Waals surface area contributed by atoms with Crippen LogP contribution in [0.5, 0.6) is 0 Å². The summed E-state index contributed by atoms with van der Waals surface area (Å²) >= 11 is 0. The van der Waals surface area contributed by atoms with Crippen LogP contribution < -0.4 is 10.6 Å². The van der Waals surface area contributed by atoms with E-state index in [1.54, 1.807) is 0 Å². The second-order valence-corrected chi connectivity index (χ2v) is 4.77. The normalized spacial score (nSPS) is 14.6. The van der Waals surface area contributed by atoms with Crippen molar-refractivity contribution < 1.29 is 13.2 Å². The van der Waals surface area contributed by atoms with Gasteiger partial charge in [-0.2, -0.15) is 13.2 Å². The minimum atomic E-state index is -4.32. The molecule has 1 aromatic carbocycles. The Hall–Kier alpha value is -2.15. The molecule has 0 fully saturated rings. The molecular formula is C14H13F3N4. The molecule has 110 valence electrons. The van der Waals surface area contributed by atoms with Crippen LogP contribution in [-0.4, -0.2) is 16.5 Å². The highest BCUT2D eigenvalue weighted by molar-refractivity contribution is 5.60. The number of anilines is 2. The third-order valence-electron chi connectivity index (χ3n) is 3.35. The van der Waals surface area contributed by atoms with Crippen LogP contribution in [0.2, 0.25) is 0 Å². The molecule has 21 heavy (non-hydrogen) atoms. The molecule has 2 heterocycles. The number of rotatable bonds is 2. The lowest BCUT2D eigenvalue weighted by Gasteiger charge is -2.19. The number of halogens is 3. The first kappa shape index (κ1) is 13.8. The van der Waals surface area contributed by atoms with E-state index in [-0.39, 0.29) is 0 Å². The van der Waals surface area contributed by atoms with Crippen LogP contribution in [0.3, 0.4) is 0 Å². The maximum Gasteiger partial charge on any atom is 0.416 e. The molecule has 0 saturated carbocycles. The minimum Gasteiger partial charge on any atom is -0.340 e. The number of aromatic nitrogens is 2. The standard InChI is InChI=1S/C14H13F3N4/c15-14(16,17)9-1-3-10(4-2-9)21-13-11-5-6-18-7-12(11)19-8-20-13/h1-4,8,18H,5-7H2,(H,19,20,21). The molecule has 2 N–H and O–H groups in total. The SMILES string of the molecule is FC(F)(F)c1ccc(Nc2ncnc3c2CCNC3)cc1. The largest absolute Gasteiger partial charge is 0.416 e. The minimum absolute atomic E-state index is 0.572. The highest BCUT2D eigenvalue weighted by atomic mass is 19.4. The van der Waals surface area contributed by atoms with Crippen molar-refractivity contribution in [2.45, 2.75) is 19.1 Å². The topological polar surface area (TPSA) is 49.8 Å². The highest BCUT2D eigenvalue weighted by Gasteiger charge is 2.30. The summed E-state index contributed by atoms with van der Waals surface area (Å²) in [5, 5.41) is 6.28. The van der Waals surface area contributed by atoms with Crippen LogP contribution in [0.25, 0.3) is 0 Å². The fourth-order valence-corrected chi connectivity index (χ4v) is 2.27. The van der Waals surface area contributed by atoms with Crippen LogP contribution >= 0.6 is 0 Å². The zero-order valence-corrected chi connectivity index (χ0v) is 11.0. The van der Waals surface area contributed by atoms with E-state index in [1.807, 2.05) is 0 Å². The Bertz CT molecular complexity index is 638. The number of nitrogens with one attached hydrogen (secondary N) is 2. The maximum atomic E-state index is 12.5. The van der Waals surface area contributed by atoms with Gasteiger partial charge < -0.3 is 10.6 Å². The number of alkyl halides is 3. The van der Waals surface area contributed by atoms with Crippen molar-refractivity contribution in [2.24, 2.45) is 0 Å².